The molecule has 0 aromatic carbocycles. The molecule has 0 aliphatic rings. The van der Waals surface area contributed by atoms with Crippen molar-refractivity contribution >= 4 is 17.4 Å². The maximum atomic E-state index is 5.99. The van der Waals surface area contributed by atoms with Crippen LogP contribution in [0.4, 0.5) is 5.82 Å². The van der Waals surface area contributed by atoms with Crippen molar-refractivity contribution in [2.45, 2.75) is 26.8 Å². The minimum absolute atomic E-state index is 0.479. The van der Waals surface area contributed by atoms with Crippen LogP contribution in [0.25, 0.3) is 0 Å². The van der Waals surface area contributed by atoms with Crippen LogP contribution in [0, 0.1) is 6.92 Å². The summed E-state index contributed by atoms with van der Waals surface area (Å²) in [4.78, 5) is 10.7. The lowest BCUT2D eigenvalue weighted by Crippen LogP contribution is -2.18. The van der Waals surface area contributed by atoms with Gasteiger partial charge >= 0.3 is 0 Å². The first kappa shape index (κ1) is 12.9. The maximum absolute atomic E-state index is 5.99. The van der Waals surface area contributed by atoms with E-state index in [9.17, 15) is 0 Å². The van der Waals surface area contributed by atoms with Crippen LogP contribution < -0.4 is 4.90 Å². The third kappa shape index (κ3) is 2.82. The molecule has 2 rings (SSSR count). The number of nitrogens with zero attached hydrogens (tertiary/aromatic N) is 3. The zero-order valence-electron chi connectivity index (χ0n) is 10.8. The molecule has 96 valence electrons. The highest BCUT2D eigenvalue weighted by Crippen LogP contribution is 2.19. The minimum Gasteiger partial charge on any atom is -0.469 e. The molecular formula is C13H16ClN3O. The van der Waals surface area contributed by atoms with Gasteiger partial charge in [0, 0.05) is 31.6 Å². The summed E-state index contributed by atoms with van der Waals surface area (Å²) in [5.41, 5.74) is 1.14. The number of anilines is 1. The van der Waals surface area contributed by atoms with Crippen LogP contribution in [-0.4, -0.2) is 17.0 Å². The normalized spacial score (nSPS) is 10.7. The molecule has 0 amide bonds. The zero-order valence-corrected chi connectivity index (χ0v) is 11.5. The van der Waals surface area contributed by atoms with Crippen LogP contribution in [0.15, 0.2) is 22.8 Å². The molecule has 18 heavy (non-hydrogen) atoms. The molecule has 4 nitrogen and oxygen atoms in total. The average molecular weight is 266 g/mol. The number of aromatic nitrogens is 2. The number of hydrogen-bond acceptors (Lipinski definition) is 4. The SMILES string of the molecule is CCc1nc(Cl)cc(N(C)Cc2ccoc2C)n1. The summed E-state index contributed by atoms with van der Waals surface area (Å²) < 4.78 is 5.28. The number of furan rings is 1. The predicted octanol–water partition coefficient (Wildman–Crippen LogP) is 3.23. The largest absolute Gasteiger partial charge is 0.469 e. The van der Waals surface area contributed by atoms with Gasteiger partial charge in [0.2, 0.25) is 0 Å². The van der Waals surface area contributed by atoms with Crippen molar-refractivity contribution in [3.8, 4) is 0 Å². The van der Waals surface area contributed by atoms with Crippen LogP contribution in [-0.2, 0) is 13.0 Å². The van der Waals surface area contributed by atoms with E-state index in [0.717, 1.165) is 35.9 Å². The van der Waals surface area contributed by atoms with E-state index in [2.05, 4.69) is 9.97 Å². The molecule has 0 fully saturated rings. The Hall–Kier alpha value is -1.55. The van der Waals surface area contributed by atoms with Crippen molar-refractivity contribution in [2.75, 3.05) is 11.9 Å². The van der Waals surface area contributed by atoms with Gasteiger partial charge in [0.1, 0.15) is 22.6 Å². The number of aryl methyl sites for hydroxylation is 2. The topological polar surface area (TPSA) is 42.2 Å². The number of rotatable bonds is 4. The van der Waals surface area contributed by atoms with E-state index in [1.165, 1.54) is 0 Å². The van der Waals surface area contributed by atoms with Crippen LogP contribution in [0.5, 0.6) is 0 Å². The maximum Gasteiger partial charge on any atom is 0.134 e. The van der Waals surface area contributed by atoms with Gasteiger partial charge in [-0.3, -0.25) is 0 Å². The molecule has 2 aromatic rings. The van der Waals surface area contributed by atoms with E-state index in [1.807, 2.05) is 31.9 Å². The van der Waals surface area contributed by atoms with Crippen molar-refractivity contribution in [3.05, 3.63) is 40.7 Å². The summed E-state index contributed by atoms with van der Waals surface area (Å²) in [6, 6.07) is 3.74. The smallest absolute Gasteiger partial charge is 0.134 e. The second-order valence-electron chi connectivity index (χ2n) is 4.18. The summed E-state index contributed by atoms with van der Waals surface area (Å²) in [5, 5.41) is 0.479. The molecule has 0 spiro atoms. The van der Waals surface area contributed by atoms with Crippen LogP contribution in [0.3, 0.4) is 0 Å². The highest BCUT2D eigenvalue weighted by Gasteiger charge is 2.09. The first-order valence-corrected chi connectivity index (χ1v) is 6.25. The van der Waals surface area contributed by atoms with Crippen LogP contribution in [0.1, 0.15) is 24.1 Å². The van der Waals surface area contributed by atoms with Crippen molar-refractivity contribution in [2.24, 2.45) is 0 Å². The Balaban J connectivity index is 2.20. The Kier molecular flexibility index (Phi) is 3.87. The molecule has 2 aromatic heterocycles. The molecule has 5 heteroatoms. The Morgan fingerprint density at radius 1 is 1.39 bits per heavy atom. The van der Waals surface area contributed by atoms with Gasteiger partial charge < -0.3 is 9.32 Å². The molecule has 0 N–H and O–H groups in total. The van der Waals surface area contributed by atoms with Gasteiger partial charge in [-0.1, -0.05) is 18.5 Å². The summed E-state index contributed by atoms with van der Waals surface area (Å²) in [7, 11) is 1.98. The highest BCUT2D eigenvalue weighted by molar-refractivity contribution is 6.29. The summed E-state index contributed by atoms with van der Waals surface area (Å²) >= 11 is 5.99. The third-order valence-corrected chi connectivity index (χ3v) is 3.00. The van der Waals surface area contributed by atoms with Gasteiger partial charge in [0.05, 0.1) is 6.26 Å². The van der Waals surface area contributed by atoms with E-state index in [-0.39, 0.29) is 0 Å². The van der Waals surface area contributed by atoms with E-state index in [4.69, 9.17) is 16.0 Å². The molecular weight excluding hydrogens is 250 g/mol. The standard InChI is InChI=1S/C13H16ClN3O/c1-4-12-15-11(14)7-13(16-12)17(3)8-10-5-6-18-9(10)2/h5-7H,4,8H2,1-3H3. The molecule has 0 atom stereocenters. The van der Waals surface area contributed by atoms with Crippen molar-refractivity contribution in [1.29, 1.82) is 0 Å². The van der Waals surface area contributed by atoms with Gasteiger partial charge in [-0.2, -0.15) is 0 Å². The Labute approximate surface area is 112 Å². The molecule has 0 saturated heterocycles. The quantitative estimate of drug-likeness (QED) is 0.796. The van der Waals surface area contributed by atoms with Gasteiger partial charge in [-0.15, -0.1) is 0 Å². The molecule has 0 unspecified atom stereocenters. The molecule has 2 heterocycles. The van der Waals surface area contributed by atoms with Crippen LogP contribution in [0.2, 0.25) is 5.15 Å². The summed E-state index contributed by atoms with van der Waals surface area (Å²) in [6.45, 7) is 4.70. The summed E-state index contributed by atoms with van der Waals surface area (Å²) in [6.07, 6.45) is 2.47. The summed E-state index contributed by atoms with van der Waals surface area (Å²) in [5.74, 6) is 2.51. The van der Waals surface area contributed by atoms with E-state index in [1.54, 1.807) is 12.3 Å². The number of halogens is 1. The Morgan fingerprint density at radius 2 is 2.17 bits per heavy atom. The lowest BCUT2D eigenvalue weighted by Gasteiger charge is -2.18. The average Bonchev–Trinajstić information content (AvgIpc) is 2.74. The molecule has 0 aliphatic carbocycles. The zero-order chi connectivity index (χ0) is 13.1. The minimum atomic E-state index is 0.479. The lowest BCUT2D eigenvalue weighted by molar-refractivity contribution is 0.529. The van der Waals surface area contributed by atoms with E-state index in [0.29, 0.717) is 5.15 Å². The highest BCUT2D eigenvalue weighted by atomic mass is 35.5. The van der Waals surface area contributed by atoms with Crippen molar-refractivity contribution in [1.82, 2.24) is 9.97 Å². The fourth-order valence-electron chi connectivity index (χ4n) is 1.72. The monoisotopic (exact) mass is 265 g/mol. The lowest BCUT2D eigenvalue weighted by atomic mass is 10.2. The van der Waals surface area contributed by atoms with E-state index < -0.39 is 0 Å². The molecule has 0 bridgehead atoms. The first-order chi connectivity index (χ1) is 8.60. The van der Waals surface area contributed by atoms with Gasteiger partial charge in [0.25, 0.3) is 0 Å². The Bertz CT molecular complexity index is 539. The predicted molar refractivity (Wildman–Crippen MR) is 72.0 cm³/mol. The van der Waals surface area contributed by atoms with Crippen molar-refractivity contribution in [3.63, 3.8) is 0 Å². The fourth-order valence-corrected chi connectivity index (χ4v) is 1.91. The van der Waals surface area contributed by atoms with E-state index >= 15 is 0 Å². The van der Waals surface area contributed by atoms with Gasteiger partial charge in [-0.25, -0.2) is 9.97 Å². The number of hydrogen-bond donors (Lipinski definition) is 0. The molecule has 0 saturated carbocycles. The Morgan fingerprint density at radius 3 is 2.78 bits per heavy atom. The third-order valence-electron chi connectivity index (χ3n) is 2.81. The molecule has 0 radical (unpaired) electrons. The molecule has 0 aliphatic heterocycles. The van der Waals surface area contributed by atoms with Gasteiger partial charge in [-0.05, 0) is 13.0 Å². The first-order valence-electron chi connectivity index (χ1n) is 5.87. The van der Waals surface area contributed by atoms with Crippen molar-refractivity contribution < 1.29 is 4.42 Å². The second kappa shape index (κ2) is 5.40. The second-order valence-corrected chi connectivity index (χ2v) is 4.56. The van der Waals surface area contributed by atoms with Crippen LogP contribution >= 0.6 is 11.6 Å². The fraction of sp³-hybridized carbons (Fsp3) is 0.385. The van der Waals surface area contributed by atoms with Gasteiger partial charge in [0.15, 0.2) is 0 Å².